The summed E-state index contributed by atoms with van der Waals surface area (Å²) in [6, 6.07) is 0. The third-order valence-electron chi connectivity index (χ3n) is 3.25. The van der Waals surface area contributed by atoms with Gasteiger partial charge < -0.3 is 0 Å². The van der Waals surface area contributed by atoms with E-state index in [2.05, 4.69) is 20.8 Å². The highest BCUT2D eigenvalue weighted by Gasteiger charge is 2.24. The van der Waals surface area contributed by atoms with E-state index in [0.29, 0.717) is 0 Å². The molecule has 0 aromatic heterocycles. The molecular weight excluding hydrogens is 120 g/mol. The summed E-state index contributed by atoms with van der Waals surface area (Å²) in [6.45, 7) is 8.76. The average Bonchev–Trinajstić information content (AvgIpc) is 1.95. The summed E-state index contributed by atoms with van der Waals surface area (Å²) in [4.78, 5) is 0. The second-order valence-electron chi connectivity index (χ2n) is 3.82. The Hall–Kier alpha value is 0. The zero-order valence-corrected chi connectivity index (χ0v) is 7.27. The normalized spacial score (nSPS) is 41.7. The van der Waals surface area contributed by atoms with Gasteiger partial charge in [-0.05, 0) is 17.8 Å². The van der Waals surface area contributed by atoms with Crippen molar-refractivity contribution in [3.05, 3.63) is 6.92 Å². The first-order valence-electron chi connectivity index (χ1n) is 4.55. The van der Waals surface area contributed by atoms with E-state index < -0.39 is 0 Å². The van der Waals surface area contributed by atoms with Crippen molar-refractivity contribution in [3.8, 4) is 0 Å². The molecule has 0 heteroatoms. The van der Waals surface area contributed by atoms with Gasteiger partial charge in [0.25, 0.3) is 0 Å². The van der Waals surface area contributed by atoms with E-state index in [0.717, 1.165) is 24.2 Å². The summed E-state index contributed by atoms with van der Waals surface area (Å²) in [5.74, 6) is 2.79. The summed E-state index contributed by atoms with van der Waals surface area (Å²) in [7, 11) is 0. The van der Waals surface area contributed by atoms with E-state index in [1.807, 2.05) is 0 Å². The van der Waals surface area contributed by atoms with Crippen LogP contribution in [-0.4, -0.2) is 0 Å². The molecule has 1 fully saturated rings. The fraction of sp³-hybridized carbons (Fsp3) is 0.900. The van der Waals surface area contributed by atoms with Crippen LogP contribution < -0.4 is 0 Å². The lowest BCUT2D eigenvalue weighted by molar-refractivity contribution is 0.183. The van der Waals surface area contributed by atoms with Crippen molar-refractivity contribution in [2.75, 3.05) is 0 Å². The van der Waals surface area contributed by atoms with Crippen LogP contribution in [0.5, 0.6) is 0 Å². The highest BCUT2D eigenvalue weighted by Crippen LogP contribution is 2.35. The van der Waals surface area contributed by atoms with E-state index in [1.165, 1.54) is 19.3 Å². The van der Waals surface area contributed by atoms with Crippen LogP contribution in [0.3, 0.4) is 0 Å². The fourth-order valence-corrected chi connectivity index (χ4v) is 2.10. The summed E-state index contributed by atoms with van der Waals surface area (Å²) in [6.07, 6.45) is 5.45. The lowest BCUT2D eigenvalue weighted by Gasteiger charge is -2.33. The SMILES string of the molecule is [CH2]CC1CCCC(C)C1C. The van der Waals surface area contributed by atoms with Gasteiger partial charge in [0, 0.05) is 0 Å². The zero-order valence-electron chi connectivity index (χ0n) is 7.27. The standard InChI is InChI=1S/C10H19/c1-4-10-7-5-6-8(2)9(10)3/h8-10H,1,4-7H2,2-3H3. The molecule has 1 rings (SSSR count). The Labute approximate surface area is 65.0 Å². The minimum Gasteiger partial charge on any atom is -0.0622 e. The van der Waals surface area contributed by atoms with Crippen molar-refractivity contribution in [2.24, 2.45) is 17.8 Å². The average molecular weight is 139 g/mol. The van der Waals surface area contributed by atoms with Crippen LogP contribution in [0.2, 0.25) is 0 Å². The first-order valence-corrected chi connectivity index (χ1v) is 4.55. The molecule has 0 heterocycles. The van der Waals surface area contributed by atoms with E-state index in [4.69, 9.17) is 0 Å². The molecule has 0 bridgehead atoms. The monoisotopic (exact) mass is 139 g/mol. The molecule has 1 aliphatic rings. The maximum absolute atomic E-state index is 3.99. The van der Waals surface area contributed by atoms with Crippen LogP contribution in [0.15, 0.2) is 0 Å². The van der Waals surface area contributed by atoms with E-state index >= 15 is 0 Å². The van der Waals surface area contributed by atoms with Crippen molar-refractivity contribution in [2.45, 2.75) is 39.5 Å². The summed E-state index contributed by atoms with van der Waals surface area (Å²) in [5, 5.41) is 0. The molecule has 1 aliphatic carbocycles. The van der Waals surface area contributed by atoms with Crippen LogP contribution in [0, 0.1) is 24.7 Å². The first-order chi connectivity index (χ1) is 4.75. The first kappa shape index (κ1) is 8.10. The van der Waals surface area contributed by atoms with Gasteiger partial charge in [0.15, 0.2) is 0 Å². The molecule has 0 nitrogen and oxygen atoms in total. The molecule has 0 aliphatic heterocycles. The van der Waals surface area contributed by atoms with Crippen LogP contribution in [0.1, 0.15) is 39.5 Å². The molecule has 0 aromatic carbocycles. The van der Waals surface area contributed by atoms with Gasteiger partial charge in [-0.3, -0.25) is 0 Å². The Kier molecular flexibility index (Phi) is 2.76. The van der Waals surface area contributed by atoms with Gasteiger partial charge in [0.05, 0.1) is 0 Å². The maximum atomic E-state index is 3.99. The molecule has 0 spiro atoms. The quantitative estimate of drug-likeness (QED) is 0.523. The van der Waals surface area contributed by atoms with Gasteiger partial charge in [-0.2, -0.15) is 0 Å². The van der Waals surface area contributed by atoms with Crippen LogP contribution in [0.25, 0.3) is 0 Å². The van der Waals surface area contributed by atoms with Gasteiger partial charge >= 0.3 is 0 Å². The number of rotatable bonds is 1. The summed E-state index contributed by atoms with van der Waals surface area (Å²) in [5.41, 5.74) is 0. The molecular formula is C10H19. The zero-order chi connectivity index (χ0) is 7.56. The van der Waals surface area contributed by atoms with Crippen molar-refractivity contribution < 1.29 is 0 Å². The minimum absolute atomic E-state index is 0.920. The van der Waals surface area contributed by atoms with Crippen LogP contribution in [-0.2, 0) is 0 Å². The van der Waals surface area contributed by atoms with Gasteiger partial charge in [0.1, 0.15) is 0 Å². The fourth-order valence-electron chi connectivity index (χ4n) is 2.10. The third kappa shape index (κ3) is 1.53. The molecule has 3 unspecified atom stereocenters. The highest BCUT2D eigenvalue weighted by atomic mass is 14.3. The van der Waals surface area contributed by atoms with Crippen LogP contribution in [0.4, 0.5) is 0 Å². The Morgan fingerprint density at radius 1 is 1.30 bits per heavy atom. The smallest absolute Gasteiger partial charge is 0.0386 e. The maximum Gasteiger partial charge on any atom is -0.0386 e. The van der Waals surface area contributed by atoms with Crippen molar-refractivity contribution in [1.29, 1.82) is 0 Å². The second kappa shape index (κ2) is 3.41. The molecule has 0 aromatic rings. The summed E-state index contributed by atoms with van der Waals surface area (Å²) >= 11 is 0. The largest absolute Gasteiger partial charge is 0.0622 e. The highest BCUT2D eigenvalue weighted by molar-refractivity contribution is 4.77. The Bertz CT molecular complexity index is 96.2. The Balaban J connectivity index is 2.42. The molecule has 1 radical (unpaired) electrons. The van der Waals surface area contributed by atoms with E-state index in [-0.39, 0.29) is 0 Å². The third-order valence-corrected chi connectivity index (χ3v) is 3.25. The minimum atomic E-state index is 0.920. The second-order valence-corrected chi connectivity index (χ2v) is 3.82. The van der Waals surface area contributed by atoms with Gasteiger partial charge in [-0.1, -0.05) is 46.5 Å². The van der Waals surface area contributed by atoms with E-state index in [9.17, 15) is 0 Å². The molecule has 0 N–H and O–H groups in total. The molecule has 1 saturated carbocycles. The Morgan fingerprint density at radius 3 is 2.50 bits per heavy atom. The lowest BCUT2D eigenvalue weighted by Crippen LogP contribution is -2.23. The van der Waals surface area contributed by atoms with Crippen molar-refractivity contribution in [3.63, 3.8) is 0 Å². The topological polar surface area (TPSA) is 0 Å². The van der Waals surface area contributed by atoms with Crippen molar-refractivity contribution in [1.82, 2.24) is 0 Å². The van der Waals surface area contributed by atoms with Crippen LogP contribution >= 0.6 is 0 Å². The molecule has 0 amide bonds. The lowest BCUT2D eigenvalue weighted by atomic mass is 9.73. The predicted molar refractivity (Wildman–Crippen MR) is 45.6 cm³/mol. The predicted octanol–water partition coefficient (Wildman–Crippen LogP) is 3.28. The Morgan fingerprint density at radius 2 is 2.00 bits per heavy atom. The van der Waals surface area contributed by atoms with Gasteiger partial charge in [-0.25, -0.2) is 0 Å². The molecule has 59 valence electrons. The summed E-state index contributed by atoms with van der Waals surface area (Å²) < 4.78 is 0. The number of hydrogen-bond acceptors (Lipinski definition) is 0. The van der Waals surface area contributed by atoms with E-state index in [1.54, 1.807) is 0 Å². The van der Waals surface area contributed by atoms with Gasteiger partial charge in [-0.15, -0.1) is 0 Å². The molecule has 3 atom stereocenters. The number of hydrogen-bond donors (Lipinski definition) is 0. The molecule has 10 heavy (non-hydrogen) atoms. The molecule has 0 saturated heterocycles. The van der Waals surface area contributed by atoms with Gasteiger partial charge in [0.2, 0.25) is 0 Å². The van der Waals surface area contributed by atoms with Crippen molar-refractivity contribution >= 4 is 0 Å².